The zero-order valence-electron chi connectivity index (χ0n) is 14.5. The first-order valence-corrected chi connectivity index (χ1v) is 8.72. The van der Waals surface area contributed by atoms with Crippen molar-refractivity contribution in [3.05, 3.63) is 75.2 Å². The van der Waals surface area contributed by atoms with Crippen LogP contribution in [-0.4, -0.2) is 15.5 Å². The van der Waals surface area contributed by atoms with Crippen LogP contribution in [0.15, 0.2) is 47.4 Å². The highest BCUT2D eigenvalue weighted by Crippen LogP contribution is 2.43. The van der Waals surface area contributed by atoms with E-state index in [-0.39, 0.29) is 5.56 Å². The fourth-order valence-corrected chi connectivity index (χ4v) is 3.59. The quantitative estimate of drug-likeness (QED) is 0.757. The number of carboxylic acid groups (broad SMARTS) is 1. The maximum Gasteiger partial charge on any atom is 0.341 e. The second kappa shape index (κ2) is 6.11. The summed E-state index contributed by atoms with van der Waals surface area (Å²) in [5, 5.41) is 9.38. The molecule has 0 bridgehead atoms. The zero-order chi connectivity index (χ0) is 18.4. The molecule has 1 aliphatic rings. The molecule has 2 aromatic heterocycles. The van der Waals surface area contributed by atoms with Crippen molar-refractivity contribution in [3.63, 3.8) is 0 Å². The highest BCUT2D eigenvalue weighted by atomic mass is 16.4. The molecule has 2 heterocycles. The first-order valence-electron chi connectivity index (χ1n) is 8.72. The van der Waals surface area contributed by atoms with Gasteiger partial charge in [0.15, 0.2) is 0 Å². The number of hydrogen-bond acceptors (Lipinski definition) is 3. The van der Waals surface area contributed by atoms with Crippen LogP contribution in [0.3, 0.4) is 0 Å². The first kappa shape index (κ1) is 16.5. The number of carbonyl (C=O) groups is 1. The van der Waals surface area contributed by atoms with Crippen LogP contribution in [0.5, 0.6) is 0 Å². The van der Waals surface area contributed by atoms with Crippen LogP contribution < -0.4 is 11.3 Å². The molecule has 0 radical (unpaired) electrons. The van der Waals surface area contributed by atoms with E-state index in [1.165, 1.54) is 4.40 Å². The SMILES string of the molecule is Cc1c(-c2ccc(CN)cc2)ccn2c(=O)c(C(=O)O)cc(C3CC3)c12. The smallest absolute Gasteiger partial charge is 0.341 e. The topological polar surface area (TPSA) is 84.8 Å². The van der Waals surface area contributed by atoms with Crippen molar-refractivity contribution in [2.75, 3.05) is 0 Å². The molecule has 0 spiro atoms. The second-order valence-electron chi connectivity index (χ2n) is 6.87. The van der Waals surface area contributed by atoms with Crippen molar-refractivity contribution in [2.45, 2.75) is 32.2 Å². The highest BCUT2D eigenvalue weighted by molar-refractivity contribution is 5.89. The number of aryl methyl sites for hydroxylation is 1. The van der Waals surface area contributed by atoms with Gasteiger partial charge in [0, 0.05) is 12.7 Å². The van der Waals surface area contributed by atoms with Crippen LogP contribution in [0, 0.1) is 6.92 Å². The van der Waals surface area contributed by atoms with E-state index >= 15 is 0 Å². The average Bonchev–Trinajstić information content (AvgIpc) is 3.47. The predicted octanol–water partition coefficient (Wildman–Crippen LogP) is 3.31. The molecule has 0 aliphatic heterocycles. The number of nitrogens with two attached hydrogens (primary N) is 1. The van der Waals surface area contributed by atoms with Crippen LogP contribution in [0.4, 0.5) is 0 Å². The summed E-state index contributed by atoms with van der Waals surface area (Å²) in [5.41, 5.74) is 11.0. The minimum atomic E-state index is -1.18. The van der Waals surface area contributed by atoms with Gasteiger partial charge >= 0.3 is 5.97 Å². The largest absolute Gasteiger partial charge is 0.477 e. The number of aromatic carboxylic acids is 1. The van der Waals surface area contributed by atoms with Gasteiger partial charge in [0.2, 0.25) is 0 Å². The van der Waals surface area contributed by atoms with Gasteiger partial charge in [-0.3, -0.25) is 9.20 Å². The number of carboxylic acids is 1. The molecule has 1 aliphatic carbocycles. The number of fused-ring (bicyclic) bond motifs is 1. The lowest BCUT2D eigenvalue weighted by Gasteiger charge is -2.15. The van der Waals surface area contributed by atoms with E-state index in [1.807, 2.05) is 37.3 Å². The third-order valence-electron chi connectivity index (χ3n) is 5.16. The molecule has 5 heteroatoms. The van der Waals surface area contributed by atoms with Gasteiger partial charge in [-0.2, -0.15) is 0 Å². The molecule has 132 valence electrons. The summed E-state index contributed by atoms with van der Waals surface area (Å²) >= 11 is 0. The summed E-state index contributed by atoms with van der Waals surface area (Å²) in [5.74, 6) is -0.845. The fourth-order valence-electron chi connectivity index (χ4n) is 3.59. The van der Waals surface area contributed by atoms with Crippen molar-refractivity contribution in [3.8, 4) is 11.1 Å². The Kier molecular flexibility index (Phi) is 3.89. The number of benzene rings is 1. The molecule has 0 unspecified atom stereocenters. The monoisotopic (exact) mass is 348 g/mol. The van der Waals surface area contributed by atoms with Gasteiger partial charge in [-0.05, 0) is 65.6 Å². The van der Waals surface area contributed by atoms with Crippen molar-refractivity contribution >= 4 is 11.5 Å². The molecule has 1 fully saturated rings. The molecule has 3 N–H and O–H groups in total. The highest BCUT2D eigenvalue weighted by Gasteiger charge is 2.29. The Hall–Kier alpha value is -2.92. The maximum absolute atomic E-state index is 12.6. The molecule has 0 amide bonds. The van der Waals surface area contributed by atoms with E-state index in [0.29, 0.717) is 12.5 Å². The van der Waals surface area contributed by atoms with E-state index in [0.717, 1.165) is 46.2 Å². The Balaban J connectivity index is 1.99. The van der Waals surface area contributed by atoms with Gasteiger partial charge in [-0.1, -0.05) is 24.3 Å². The molecule has 0 saturated heterocycles. The second-order valence-corrected chi connectivity index (χ2v) is 6.87. The van der Waals surface area contributed by atoms with Gasteiger partial charge in [0.1, 0.15) is 5.56 Å². The van der Waals surface area contributed by atoms with Crippen LogP contribution in [0.1, 0.15) is 45.8 Å². The lowest BCUT2D eigenvalue weighted by Crippen LogP contribution is -2.23. The molecule has 1 saturated carbocycles. The van der Waals surface area contributed by atoms with Crippen LogP contribution in [0.2, 0.25) is 0 Å². The third kappa shape index (κ3) is 2.61. The number of nitrogens with zero attached hydrogens (tertiary/aromatic N) is 1. The Morgan fingerprint density at radius 2 is 1.92 bits per heavy atom. The summed E-state index contributed by atoms with van der Waals surface area (Å²) in [4.78, 5) is 24.1. The zero-order valence-corrected chi connectivity index (χ0v) is 14.5. The van der Waals surface area contributed by atoms with Crippen LogP contribution in [-0.2, 0) is 6.54 Å². The standard InChI is InChI=1S/C21H20N2O3/c1-12-16(14-4-2-13(11-22)3-5-14)8-9-23-19(12)17(15-6-7-15)10-18(20(23)24)21(25)26/h2-5,8-10,15H,6-7,11,22H2,1H3,(H,25,26). The molecule has 4 rings (SSSR count). The van der Waals surface area contributed by atoms with Crippen molar-refractivity contribution < 1.29 is 9.90 Å². The lowest BCUT2D eigenvalue weighted by molar-refractivity contribution is 0.0694. The van der Waals surface area contributed by atoms with E-state index in [1.54, 1.807) is 12.3 Å². The Bertz CT molecular complexity index is 1080. The molecule has 26 heavy (non-hydrogen) atoms. The Labute approximate surface area is 150 Å². The van der Waals surface area contributed by atoms with E-state index in [2.05, 4.69) is 0 Å². The van der Waals surface area contributed by atoms with Crippen LogP contribution in [0.25, 0.3) is 16.6 Å². The van der Waals surface area contributed by atoms with Crippen LogP contribution >= 0.6 is 0 Å². The first-order chi connectivity index (χ1) is 12.5. The lowest BCUT2D eigenvalue weighted by atomic mass is 9.96. The molecule has 0 atom stereocenters. The van der Waals surface area contributed by atoms with Gasteiger partial charge in [0.25, 0.3) is 5.56 Å². The predicted molar refractivity (Wildman–Crippen MR) is 101 cm³/mol. The molecule has 3 aromatic rings. The molecule has 1 aromatic carbocycles. The summed E-state index contributed by atoms with van der Waals surface area (Å²) in [6.07, 6.45) is 3.75. The van der Waals surface area contributed by atoms with Gasteiger partial charge in [-0.15, -0.1) is 0 Å². The normalized spacial score (nSPS) is 13.9. The molecule has 5 nitrogen and oxygen atoms in total. The van der Waals surface area contributed by atoms with Gasteiger partial charge < -0.3 is 10.8 Å². The maximum atomic E-state index is 12.6. The van der Waals surface area contributed by atoms with Crippen molar-refractivity contribution in [1.29, 1.82) is 0 Å². The van der Waals surface area contributed by atoms with Crippen molar-refractivity contribution in [1.82, 2.24) is 4.40 Å². The summed E-state index contributed by atoms with van der Waals surface area (Å²) in [7, 11) is 0. The number of aromatic nitrogens is 1. The third-order valence-corrected chi connectivity index (χ3v) is 5.16. The minimum Gasteiger partial charge on any atom is -0.477 e. The van der Waals surface area contributed by atoms with E-state index in [9.17, 15) is 14.7 Å². The Morgan fingerprint density at radius 1 is 1.23 bits per heavy atom. The average molecular weight is 348 g/mol. The Morgan fingerprint density at radius 3 is 2.50 bits per heavy atom. The van der Waals surface area contributed by atoms with E-state index in [4.69, 9.17) is 5.73 Å². The van der Waals surface area contributed by atoms with Crippen molar-refractivity contribution in [2.24, 2.45) is 5.73 Å². The van der Waals surface area contributed by atoms with Gasteiger partial charge in [0.05, 0.1) is 5.52 Å². The van der Waals surface area contributed by atoms with E-state index < -0.39 is 11.5 Å². The number of pyridine rings is 2. The fraction of sp³-hybridized carbons (Fsp3) is 0.238. The molecular formula is C21H20N2O3. The van der Waals surface area contributed by atoms with Gasteiger partial charge in [-0.25, -0.2) is 4.79 Å². The summed E-state index contributed by atoms with van der Waals surface area (Å²) < 4.78 is 1.49. The summed E-state index contributed by atoms with van der Waals surface area (Å²) in [6.45, 7) is 2.49. The molecular weight excluding hydrogens is 328 g/mol. The minimum absolute atomic E-state index is 0.163. The number of rotatable bonds is 4. The summed E-state index contributed by atoms with van der Waals surface area (Å²) in [6, 6.07) is 11.5. The number of hydrogen-bond donors (Lipinski definition) is 2.